The first kappa shape index (κ1) is 16.0. The molecule has 2 saturated heterocycles. The summed E-state index contributed by atoms with van der Waals surface area (Å²) in [6, 6.07) is 2.87. The highest BCUT2D eigenvalue weighted by Gasteiger charge is 2.83. The number of ether oxygens (including phenoxy) is 4. The van der Waals surface area contributed by atoms with E-state index in [1.165, 1.54) is 13.2 Å². The quantitative estimate of drug-likeness (QED) is 0.705. The SMILES string of the molecule is COc1cc(O)c2c(c1)C13OC4(C)CC(O)(C(=O)CC1(C)O4)C3OC2=O. The molecule has 1 aromatic rings. The summed E-state index contributed by atoms with van der Waals surface area (Å²) < 4.78 is 23.1. The zero-order chi connectivity index (χ0) is 18.7. The van der Waals surface area contributed by atoms with Gasteiger partial charge in [0, 0.05) is 24.5 Å². The van der Waals surface area contributed by atoms with Crippen molar-refractivity contribution in [1.29, 1.82) is 0 Å². The number of carbonyl (C=O) groups excluding carboxylic acids is 2. The van der Waals surface area contributed by atoms with E-state index in [-0.39, 0.29) is 24.2 Å². The second-order valence-electron chi connectivity index (χ2n) is 7.86. The molecule has 1 aliphatic carbocycles. The second kappa shape index (κ2) is 4.21. The number of esters is 1. The molecular formula is C18H18O8. The van der Waals surface area contributed by atoms with E-state index >= 15 is 0 Å². The highest BCUT2D eigenvalue weighted by molar-refractivity contribution is 5.99. The fourth-order valence-corrected chi connectivity index (χ4v) is 5.27. The van der Waals surface area contributed by atoms with Gasteiger partial charge in [-0.05, 0) is 19.9 Å². The molecule has 26 heavy (non-hydrogen) atoms. The third-order valence-electron chi connectivity index (χ3n) is 6.13. The van der Waals surface area contributed by atoms with Gasteiger partial charge < -0.3 is 29.2 Å². The van der Waals surface area contributed by atoms with E-state index in [1.54, 1.807) is 19.9 Å². The van der Waals surface area contributed by atoms with E-state index in [2.05, 4.69) is 0 Å². The summed E-state index contributed by atoms with van der Waals surface area (Å²) in [4.78, 5) is 25.3. The lowest BCUT2D eigenvalue weighted by Crippen LogP contribution is -2.75. The average Bonchev–Trinajstić information content (AvgIpc) is 2.68. The number of phenols is 1. The van der Waals surface area contributed by atoms with Crippen LogP contribution in [0.4, 0.5) is 0 Å². The van der Waals surface area contributed by atoms with E-state index in [9.17, 15) is 19.8 Å². The highest BCUT2D eigenvalue weighted by atomic mass is 16.8. The van der Waals surface area contributed by atoms with Crippen molar-refractivity contribution in [3.8, 4) is 11.5 Å². The van der Waals surface area contributed by atoms with Crippen molar-refractivity contribution in [2.75, 3.05) is 7.11 Å². The minimum atomic E-state index is -1.92. The van der Waals surface area contributed by atoms with Gasteiger partial charge in [-0.25, -0.2) is 4.79 Å². The number of hydrogen-bond acceptors (Lipinski definition) is 8. The van der Waals surface area contributed by atoms with E-state index in [0.717, 1.165) is 0 Å². The molecule has 8 nitrogen and oxygen atoms in total. The van der Waals surface area contributed by atoms with Crippen LogP contribution < -0.4 is 4.74 Å². The summed E-state index contributed by atoms with van der Waals surface area (Å²) in [5, 5.41) is 21.6. The molecule has 8 heteroatoms. The van der Waals surface area contributed by atoms with Crippen LogP contribution in [0.5, 0.6) is 11.5 Å². The van der Waals surface area contributed by atoms with Crippen molar-refractivity contribution in [3.63, 3.8) is 0 Å². The number of aromatic hydroxyl groups is 1. The summed E-state index contributed by atoms with van der Waals surface area (Å²) >= 11 is 0. The molecule has 138 valence electrons. The molecule has 5 atom stereocenters. The smallest absolute Gasteiger partial charge is 0.342 e. The number of fused-ring (bicyclic) bond motifs is 2. The predicted octanol–water partition coefficient (Wildman–Crippen LogP) is 0.764. The molecule has 1 spiro atoms. The number of hydrogen-bond donors (Lipinski definition) is 2. The zero-order valence-corrected chi connectivity index (χ0v) is 14.5. The third-order valence-corrected chi connectivity index (χ3v) is 6.13. The van der Waals surface area contributed by atoms with Crippen LogP contribution in [0.3, 0.4) is 0 Å². The number of carbonyl (C=O) groups is 2. The van der Waals surface area contributed by atoms with Gasteiger partial charge in [-0.3, -0.25) is 4.79 Å². The van der Waals surface area contributed by atoms with Gasteiger partial charge in [0.15, 0.2) is 28.9 Å². The summed E-state index contributed by atoms with van der Waals surface area (Å²) in [7, 11) is 1.43. The minimum Gasteiger partial charge on any atom is -0.507 e. The Bertz CT molecular complexity index is 895. The molecule has 0 amide bonds. The molecule has 1 saturated carbocycles. The molecule has 2 N–H and O–H groups in total. The Labute approximate surface area is 148 Å². The van der Waals surface area contributed by atoms with E-state index in [4.69, 9.17) is 18.9 Å². The Morgan fingerprint density at radius 2 is 1.96 bits per heavy atom. The minimum absolute atomic E-state index is 0.0697. The van der Waals surface area contributed by atoms with Crippen molar-refractivity contribution >= 4 is 11.8 Å². The molecule has 3 fully saturated rings. The van der Waals surface area contributed by atoms with Crippen molar-refractivity contribution in [2.24, 2.45) is 0 Å². The van der Waals surface area contributed by atoms with Gasteiger partial charge in [-0.15, -0.1) is 0 Å². The number of ketones is 1. The van der Waals surface area contributed by atoms with Crippen LogP contribution in [0.25, 0.3) is 0 Å². The van der Waals surface area contributed by atoms with Crippen molar-refractivity contribution in [2.45, 2.75) is 55.4 Å². The number of benzene rings is 1. The normalized spacial score (nSPS) is 45.2. The Balaban J connectivity index is 1.89. The van der Waals surface area contributed by atoms with Gasteiger partial charge in [-0.1, -0.05) is 0 Å². The molecule has 0 radical (unpaired) electrons. The third kappa shape index (κ3) is 1.49. The highest BCUT2D eigenvalue weighted by Crippen LogP contribution is 2.68. The summed E-state index contributed by atoms with van der Waals surface area (Å²) in [6.45, 7) is 3.35. The van der Waals surface area contributed by atoms with E-state index < -0.39 is 40.4 Å². The van der Waals surface area contributed by atoms with Gasteiger partial charge in [0.1, 0.15) is 22.7 Å². The Morgan fingerprint density at radius 1 is 1.23 bits per heavy atom. The molecule has 1 aromatic carbocycles. The standard InChI is InChI=1S/C18H18O8/c1-15-6-11(20)17(22)7-16(2,25-15)26-18(15)9-4-8(23-3)5-10(19)12(9)13(21)24-14(17)18/h4-5,14,19,22H,6-7H2,1-3H3. The molecule has 3 aliphatic heterocycles. The monoisotopic (exact) mass is 362 g/mol. The Morgan fingerprint density at radius 3 is 2.65 bits per heavy atom. The lowest BCUT2D eigenvalue weighted by molar-refractivity contribution is -0.293. The first-order valence-electron chi connectivity index (χ1n) is 8.37. The van der Waals surface area contributed by atoms with Crippen LogP contribution in [0.2, 0.25) is 0 Å². The Kier molecular flexibility index (Phi) is 2.60. The second-order valence-corrected chi connectivity index (χ2v) is 7.86. The zero-order valence-electron chi connectivity index (χ0n) is 14.5. The summed E-state index contributed by atoms with van der Waals surface area (Å²) in [5.41, 5.74) is -4.31. The van der Waals surface area contributed by atoms with Crippen molar-refractivity contribution < 1.29 is 38.7 Å². The van der Waals surface area contributed by atoms with Crippen LogP contribution in [-0.4, -0.2) is 52.2 Å². The van der Waals surface area contributed by atoms with Crippen molar-refractivity contribution in [1.82, 2.24) is 0 Å². The summed E-state index contributed by atoms with van der Waals surface area (Å²) in [5.74, 6) is -2.52. The lowest BCUT2D eigenvalue weighted by atomic mass is 9.58. The Hall–Kier alpha value is -2.16. The summed E-state index contributed by atoms with van der Waals surface area (Å²) in [6.07, 6.45) is -1.52. The molecule has 3 heterocycles. The topological polar surface area (TPSA) is 112 Å². The van der Waals surface area contributed by atoms with Crippen LogP contribution in [-0.2, 0) is 24.6 Å². The number of phenolic OH excluding ortho intramolecular Hbond substituents is 1. The van der Waals surface area contributed by atoms with Crippen LogP contribution in [0.1, 0.15) is 42.6 Å². The molecule has 5 rings (SSSR count). The first-order chi connectivity index (χ1) is 12.1. The van der Waals surface area contributed by atoms with Crippen LogP contribution >= 0.6 is 0 Å². The largest absolute Gasteiger partial charge is 0.507 e. The lowest BCUT2D eigenvalue weighted by Gasteiger charge is -2.57. The first-order valence-corrected chi connectivity index (χ1v) is 8.37. The fraction of sp³-hybridized carbons (Fsp3) is 0.556. The number of rotatable bonds is 1. The van der Waals surface area contributed by atoms with Crippen LogP contribution in [0, 0.1) is 0 Å². The van der Waals surface area contributed by atoms with Gasteiger partial charge >= 0.3 is 5.97 Å². The van der Waals surface area contributed by atoms with E-state index in [0.29, 0.717) is 11.3 Å². The fourth-order valence-electron chi connectivity index (χ4n) is 5.27. The van der Waals surface area contributed by atoms with Gasteiger partial charge in [-0.2, -0.15) is 0 Å². The van der Waals surface area contributed by atoms with Gasteiger partial charge in [0.05, 0.1) is 7.11 Å². The van der Waals surface area contributed by atoms with Crippen LogP contribution in [0.15, 0.2) is 12.1 Å². The number of Topliss-reactive ketones (excluding diaryl/α,β-unsaturated/α-hetero) is 1. The number of methoxy groups -OCH3 is 1. The van der Waals surface area contributed by atoms with E-state index in [1.807, 2.05) is 0 Å². The molecular weight excluding hydrogens is 344 g/mol. The average molecular weight is 362 g/mol. The predicted molar refractivity (Wildman–Crippen MR) is 83.7 cm³/mol. The maximum atomic E-state index is 12.7. The maximum absolute atomic E-state index is 12.7. The molecule has 4 aliphatic rings. The molecule has 3 bridgehead atoms. The van der Waals surface area contributed by atoms with Gasteiger partial charge in [0.25, 0.3) is 0 Å². The van der Waals surface area contributed by atoms with Gasteiger partial charge in [0.2, 0.25) is 0 Å². The van der Waals surface area contributed by atoms with Crippen molar-refractivity contribution in [3.05, 3.63) is 23.3 Å². The maximum Gasteiger partial charge on any atom is 0.342 e. The molecule has 5 unspecified atom stereocenters. The number of aliphatic hydroxyl groups is 1. The molecule has 0 aromatic heterocycles.